The Morgan fingerprint density at radius 2 is 1.70 bits per heavy atom. The zero-order valence-electron chi connectivity index (χ0n) is 16.1. The van der Waals surface area contributed by atoms with Crippen LogP contribution in [0.4, 0.5) is 0 Å². The molecule has 0 saturated heterocycles. The summed E-state index contributed by atoms with van der Waals surface area (Å²) in [4.78, 5) is 13.0. The first-order valence-corrected chi connectivity index (χ1v) is 10.0. The van der Waals surface area contributed by atoms with Gasteiger partial charge in [0.05, 0.1) is 11.6 Å². The summed E-state index contributed by atoms with van der Waals surface area (Å²) >= 11 is 3.42. The number of ether oxygens (including phenoxy) is 1. The number of nitrogens with one attached hydrogen (secondary N) is 1. The Kier molecular flexibility index (Phi) is 5.90. The van der Waals surface area contributed by atoms with Gasteiger partial charge in [-0.05, 0) is 51.8 Å². The van der Waals surface area contributed by atoms with E-state index in [0.717, 1.165) is 11.1 Å². The van der Waals surface area contributed by atoms with Crippen LogP contribution in [-0.4, -0.2) is 23.2 Å². The summed E-state index contributed by atoms with van der Waals surface area (Å²) in [5.41, 5.74) is 2.13. The predicted octanol–water partition coefficient (Wildman–Crippen LogP) is 5.03. The van der Waals surface area contributed by atoms with E-state index >= 15 is 0 Å². The van der Waals surface area contributed by atoms with Gasteiger partial charge >= 0.3 is 0 Å². The van der Waals surface area contributed by atoms with Crippen molar-refractivity contribution < 1.29 is 13.9 Å². The average molecular weight is 464 g/mol. The van der Waals surface area contributed by atoms with Crippen LogP contribution in [0, 0.1) is 0 Å². The molecule has 1 unspecified atom stereocenters. The van der Waals surface area contributed by atoms with E-state index in [1.807, 2.05) is 60.7 Å². The van der Waals surface area contributed by atoms with E-state index in [9.17, 15) is 4.79 Å². The molecule has 0 saturated carbocycles. The number of rotatable bonds is 6. The van der Waals surface area contributed by atoms with Crippen molar-refractivity contribution in [2.75, 3.05) is 7.11 Å². The third kappa shape index (κ3) is 4.26. The van der Waals surface area contributed by atoms with Crippen molar-refractivity contribution in [3.8, 4) is 17.2 Å². The van der Waals surface area contributed by atoms with E-state index in [-0.39, 0.29) is 5.91 Å². The van der Waals surface area contributed by atoms with Crippen molar-refractivity contribution >= 4 is 21.8 Å². The van der Waals surface area contributed by atoms with Crippen molar-refractivity contribution in [3.63, 3.8) is 0 Å². The second kappa shape index (κ2) is 8.92. The molecular weight excluding hydrogens is 446 g/mol. The standard InChI is InChI=1S/C23H18BrN3O3/c1-29-19-13-12-17(14-18(19)24)21(28)25-20(15-8-4-2-5-9-15)23-27-26-22(30-23)16-10-6-3-7-11-16/h2-14,20H,1H3,(H,25,28). The molecule has 7 heteroatoms. The number of carbonyl (C=O) groups is 1. The minimum absolute atomic E-state index is 0.272. The Hall–Kier alpha value is -3.45. The lowest BCUT2D eigenvalue weighted by atomic mass is 10.1. The number of carbonyl (C=O) groups excluding carboxylic acids is 1. The normalized spacial score (nSPS) is 11.7. The van der Waals surface area contributed by atoms with E-state index in [4.69, 9.17) is 9.15 Å². The highest BCUT2D eigenvalue weighted by Gasteiger charge is 2.24. The fourth-order valence-corrected chi connectivity index (χ4v) is 3.54. The Morgan fingerprint density at radius 1 is 1.00 bits per heavy atom. The lowest BCUT2D eigenvalue weighted by molar-refractivity contribution is 0.0938. The molecule has 1 heterocycles. The molecule has 3 aromatic carbocycles. The molecule has 1 atom stereocenters. The summed E-state index contributed by atoms with van der Waals surface area (Å²) in [6, 6.07) is 23.6. The van der Waals surface area contributed by atoms with Gasteiger partial charge in [0.15, 0.2) is 0 Å². The molecule has 4 rings (SSSR count). The predicted molar refractivity (Wildman–Crippen MR) is 116 cm³/mol. The summed E-state index contributed by atoms with van der Waals surface area (Å²) in [6.07, 6.45) is 0. The van der Waals surface area contributed by atoms with Gasteiger partial charge in [-0.2, -0.15) is 0 Å². The quantitative estimate of drug-likeness (QED) is 0.433. The van der Waals surface area contributed by atoms with Gasteiger partial charge in [0, 0.05) is 11.1 Å². The highest BCUT2D eigenvalue weighted by Crippen LogP contribution is 2.28. The smallest absolute Gasteiger partial charge is 0.252 e. The number of benzene rings is 3. The van der Waals surface area contributed by atoms with E-state index in [1.165, 1.54) is 0 Å². The fraction of sp³-hybridized carbons (Fsp3) is 0.0870. The molecule has 150 valence electrons. The van der Waals surface area contributed by atoms with Crippen molar-refractivity contribution in [1.82, 2.24) is 15.5 Å². The van der Waals surface area contributed by atoms with Crippen molar-refractivity contribution in [2.45, 2.75) is 6.04 Å². The maximum Gasteiger partial charge on any atom is 0.252 e. The maximum absolute atomic E-state index is 13.0. The molecule has 0 spiro atoms. The molecule has 30 heavy (non-hydrogen) atoms. The monoisotopic (exact) mass is 463 g/mol. The number of amides is 1. The Labute approximate surface area is 182 Å². The topological polar surface area (TPSA) is 77.2 Å². The van der Waals surface area contributed by atoms with E-state index in [1.54, 1.807) is 25.3 Å². The second-order valence-electron chi connectivity index (χ2n) is 6.48. The zero-order chi connectivity index (χ0) is 20.9. The number of nitrogens with zero attached hydrogens (tertiary/aromatic N) is 2. The first-order valence-electron chi connectivity index (χ1n) is 9.24. The minimum atomic E-state index is -0.593. The fourth-order valence-electron chi connectivity index (χ4n) is 3.00. The van der Waals surface area contributed by atoms with Crippen LogP contribution in [0.1, 0.15) is 27.9 Å². The van der Waals surface area contributed by atoms with Gasteiger partial charge in [0.2, 0.25) is 11.8 Å². The zero-order valence-corrected chi connectivity index (χ0v) is 17.7. The Balaban J connectivity index is 1.65. The molecule has 1 aromatic heterocycles. The van der Waals surface area contributed by atoms with Gasteiger partial charge in [-0.3, -0.25) is 4.79 Å². The highest BCUT2D eigenvalue weighted by atomic mass is 79.9. The maximum atomic E-state index is 13.0. The van der Waals surface area contributed by atoms with Gasteiger partial charge in [-0.25, -0.2) is 0 Å². The van der Waals surface area contributed by atoms with Crippen LogP contribution < -0.4 is 10.1 Å². The number of hydrogen-bond acceptors (Lipinski definition) is 5. The molecule has 0 aliphatic carbocycles. The molecule has 0 bridgehead atoms. The molecule has 0 radical (unpaired) electrons. The molecular formula is C23H18BrN3O3. The third-order valence-electron chi connectivity index (χ3n) is 4.53. The summed E-state index contributed by atoms with van der Waals surface area (Å²) < 4.78 is 11.8. The summed E-state index contributed by atoms with van der Waals surface area (Å²) in [6.45, 7) is 0. The lowest BCUT2D eigenvalue weighted by Gasteiger charge is -2.16. The molecule has 6 nitrogen and oxygen atoms in total. The van der Waals surface area contributed by atoms with Crippen LogP contribution in [0.25, 0.3) is 11.5 Å². The Bertz CT molecular complexity index is 1150. The van der Waals surface area contributed by atoms with Gasteiger partial charge in [0.25, 0.3) is 5.91 Å². The molecule has 0 aliphatic heterocycles. The van der Waals surface area contributed by atoms with Gasteiger partial charge in [-0.1, -0.05) is 48.5 Å². The number of halogens is 1. The van der Waals surface area contributed by atoms with Crippen molar-refractivity contribution in [2.24, 2.45) is 0 Å². The molecule has 1 amide bonds. The number of aromatic nitrogens is 2. The van der Waals surface area contributed by atoms with Gasteiger partial charge in [-0.15, -0.1) is 10.2 Å². The van der Waals surface area contributed by atoms with Crippen LogP contribution in [-0.2, 0) is 0 Å². The van der Waals surface area contributed by atoms with Gasteiger partial charge < -0.3 is 14.5 Å². The largest absolute Gasteiger partial charge is 0.496 e. The highest BCUT2D eigenvalue weighted by molar-refractivity contribution is 9.10. The van der Waals surface area contributed by atoms with Crippen LogP contribution >= 0.6 is 15.9 Å². The molecule has 0 fully saturated rings. The average Bonchev–Trinajstić information content (AvgIpc) is 3.28. The van der Waals surface area contributed by atoms with Crippen molar-refractivity contribution in [1.29, 1.82) is 0 Å². The lowest BCUT2D eigenvalue weighted by Crippen LogP contribution is -2.29. The molecule has 4 aromatic rings. The summed E-state index contributed by atoms with van der Waals surface area (Å²) in [5.74, 6) is 1.08. The minimum Gasteiger partial charge on any atom is -0.496 e. The van der Waals surface area contributed by atoms with Crippen LogP contribution in [0.3, 0.4) is 0 Å². The summed E-state index contributed by atoms with van der Waals surface area (Å²) in [7, 11) is 1.57. The van der Waals surface area contributed by atoms with E-state index in [0.29, 0.717) is 27.6 Å². The molecule has 0 aliphatic rings. The van der Waals surface area contributed by atoms with Gasteiger partial charge in [0.1, 0.15) is 11.8 Å². The SMILES string of the molecule is COc1ccc(C(=O)NC(c2ccccc2)c2nnc(-c3ccccc3)o2)cc1Br. The van der Waals surface area contributed by atoms with Crippen LogP contribution in [0.2, 0.25) is 0 Å². The Morgan fingerprint density at radius 3 is 2.37 bits per heavy atom. The van der Waals surface area contributed by atoms with E-state index < -0.39 is 6.04 Å². The van der Waals surface area contributed by atoms with Crippen LogP contribution in [0.15, 0.2) is 87.8 Å². The van der Waals surface area contributed by atoms with Crippen LogP contribution in [0.5, 0.6) is 5.75 Å². The van der Waals surface area contributed by atoms with E-state index in [2.05, 4.69) is 31.4 Å². The second-order valence-corrected chi connectivity index (χ2v) is 7.33. The first-order chi connectivity index (χ1) is 14.7. The van der Waals surface area contributed by atoms with Crippen molar-refractivity contribution in [3.05, 3.63) is 100 Å². The third-order valence-corrected chi connectivity index (χ3v) is 5.15. The first kappa shape index (κ1) is 19.8. The molecule has 1 N–H and O–H groups in total. The number of methoxy groups -OCH3 is 1. The summed E-state index contributed by atoms with van der Waals surface area (Å²) in [5, 5.41) is 11.4. The number of hydrogen-bond donors (Lipinski definition) is 1.